The van der Waals surface area contributed by atoms with Crippen molar-refractivity contribution in [2.24, 2.45) is 0 Å². The first kappa shape index (κ1) is 41.8. The Morgan fingerprint density at radius 2 is 0.800 bits per heavy atom. The molecule has 2 heteroatoms. The second-order valence-electron chi connectivity index (χ2n) is 10.9. The van der Waals surface area contributed by atoms with E-state index >= 15 is 0 Å². The number of aryl methyl sites for hydroxylation is 2. The fourth-order valence-corrected chi connectivity index (χ4v) is 5.42. The van der Waals surface area contributed by atoms with Crippen molar-refractivity contribution in [1.29, 1.82) is 0 Å². The molecule has 0 spiro atoms. The third-order valence-electron chi connectivity index (χ3n) is 7.82. The smallest absolute Gasteiger partial charge is 0.171 e. The van der Waals surface area contributed by atoms with Crippen molar-refractivity contribution < 1.29 is 23.3 Å². The van der Waals surface area contributed by atoms with Gasteiger partial charge in [0.05, 0.1) is 0 Å². The van der Waals surface area contributed by atoms with Crippen molar-refractivity contribution in [2.75, 3.05) is 0 Å². The zero-order valence-corrected chi connectivity index (χ0v) is 33.2. The molecule has 0 nitrogen and oxygen atoms in total. The predicted octanol–water partition coefficient (Wildman–Crippen LogP) is 13.1. The van der Waals surface area contributed by atoms with E-state index < -0.39 is 0 Å². The first-order chi connectivity index (χ1) is 23.8. The van der Waals surface area contributed by atoms with Crippen LogP contribution in [0.15, 0.2) is 182 Å². The van der Waals surface area contributed by atoms with E-state index in [9.17, 15) is 0 Å². The first-order valence-electron chi connectivity index (χ1n) is 16.3. The van der Waals surface area contributed by atoms with E-state index in [1.807, 2.05) is 60.7 Å². The average molecular weight is 742 g/mol. The van der Waals surface area contributed by atoms with Crippen molar-refractivity contribution in [3.8, 4) is 22.3 Å². The number of hydrogen-bond acceptors (Lipinski definition) is 0. The third kappa shape index (κ3) is 12.5. The summed E-state index contributed by atoms with van der Waals surface area (Å²) in [6.07, 6.45) is 2.20. The number of benzene rings is 6. The van der Waals surface area contributed by atoms with Gasteiger partial charge < -0.3 is 14.9 Å². The molecule has 8 rings (SSSR count). The summed E-state index contributed by atoms with van der Waals surface area (Å²) in [6.45, 7) is 7.47. The molecule has 0 aromatic heterocycles. The van der Waals surface area contributed by atoms with Gasteiger partial charge >= 0.3 is 30.2 Å². The summed E-state index contributed by atoms with van der Waals surface area (Å²) in [7, 11) is 0. The van der Waals surface area contributed by atoms with Crippen molar-refractivity contribution in [3.05, 3.63) is 220 Å². The van der Waals surface area contributed by atoms with Gasteiger partial charge in [0.15, 0.2) is 0 Å². The molecule has 0 bridgehead atoms. The van der Waals surface area contributed by atoms with Gasteiger partial charge in [0, 0.05) is 0 Å². The van der Waals surface area contributed by atoms with Crippen LogP contribution in [0.4, 0.5) is 0 Å². The second kappa shape index (κ2) is 23.9. The van der Waals surface area contributed by atoms with Gasteiger partial charge in [-0.15, -0.1) is 69.1 Å². The summed E-state index contributed by atoms with van der Waals surface area (Å²) >= 11 is 1.36. The zero-order valence-electron chi connectivity index (χ0n) is 29.7. The van der Waals surface area contributed by atoms with Gasteiger partial charge in [-0.1, -0.05) is 97.8 Å². The van der Waals surface area contributed by atoms with Crippen molar-refractivity contribution in [3.63, 3.8) is 0 Å². The Balaban J connectivity index is 0.000000246. The summed E-state index contributed by atoms with van der Waals surface area (Å²) in [5.74, 6) is 0. The van der Waals surface area contributed by atoms with Crippen molar-refractivity contribution in [2.45, 2.75) is 26.7 Å². The summed E-state index contributed by atoms with van der Waals surface area (Å²) < 4.78 is 0. The molecule has 0 heterocycles. The minimum absolute atomic E-state index is 0. The Bertz CT molecular complexity index is 1810. The Hall–Kier alpha value is -4.36. The van der Waals surface area contributed by atoms with Crippen LogP contribution in [-0.4, -0.2) is 6.88 Å². The summed E-state index contributed by atoms with van der Waals surface area (Å²) in [5, 5.41) is 5.44. The van der Waals surface area contributed by atoms with Gasteiger partial charge in [0.1, 0.15) is 0 Å². The Kier molecular flexibility index (Phi) is 20.0. The maximum Gasteiger partial charge on any atom is -0.171 e. The molecular formula is C48H46SiZr-6. The predicted molar refractivity (Wildman–Crippen MR) is 218 cm³/mol. The molecule has 0 N–H and O–H groups in total. The van der Waals surface area contributed by atoms with Crippen LogP contribution in [0.3, 0.4) is 0 Å². The van der Waals surface area contributed by atoms with Gasteiger partial charge in [-0.2, -0.15) is 84.9 Å². The Labute approximate surface area is 318 Å². The van der Waals surface area contributed by atoms with Crippen LogP contribution in [0, 0.1) is 27.0 Å². The second-order valence-corrected chi connectivity index (χ2v) is 10.9. The third-order valence-corrected chi connectivity index (χ3v) is 7.82. The van der Waals surface area contributed by atoms with E-state index in [0.29, 0.717) is 0 Å². The quantitative estimate of drug-likeness (QED) is 0.124. The summed E-state index contributed by atoms with van der Waals surface area (Å²) in [4.78, 5) is 0. The normalized spacial score (nSPS) is 9.38. The topological polar surface area (TPSA) is 0 Å². The van der Waals surface area contributed by atoms with Gasteiger partial charge in [-0.3, -0.25) is 0 Å². The molecule has 252 valence electrons. The number of fused-ring (bicyclic) bond motifs is 2. The molecule has 8 aromatic rings. The molecular weight excluding hydrogens is 696 g/mol. The fourth-order valence-electron chi connectivity index (χ4n) is 5.42. The van der Waals surface area contributed by atoms with E-state index in [4.69, 9.17) is 0 Å². The molecule has 0 amide bonds. The Morgan fingerprint density at radius 1 is 0.460 bits per heavy atom. The van der Waals surface area contributed by atoms with Crippen molar-refractivity contribution >= 4 is 28.4 Å². The maximum atomic E-state index is 3.06. The monoisotopic (exact) mass is 740 g/mol. The Morgan fingerprint density at radius 3 is 1.08 bits per heavy atom. The van der Waals surface area contributed by atoms with E-state index in [-0.39, 0.29) is 14.9 Å². The number of hydrogen-bond donors (Lipinski definition) is 0. The zero-order chi connectivity index (χ0) is 33.8. The maximum absolute atomic E-state index is 3.06. The van der Waals surface area contributed by atoms with Crippen LogP contribution >= 0.6 is 0 Å². The molecule has 50 heavy (non-hydrogen) atoms. The van der Waals surface area contributed by atoms with Gasteiger partial charge in [-0.25, -0.2) is 0 Å². The van der Waals surface area contributed by atoms with Gasteiger partial charge in [0.25, 0.3) is 0 Å². The van der Waals surface area contributed by atoms with E-state index in [1.165, 1.54) is 78.3 Å². The average Bonchev–Trinajstić information content (AvgIpc) is 3.83. The number of rotatable bonds is 4. The molecule has 2 radical (unpaired) electrons. The van der Waals surface area contributed by atoms with Gasteiger partial charge in [0.2, 0.25) is 0 Å². The van der Waals surface area contributed by atoms with Crippen LogP contribution in [0.25, 0.3) is 43.8 Å². The molecule has 0 saturated carbocycles. The molecule has 0 saturated heterocycles. The molecule has 0 atom stereocenters. The van der Waals surface area contributed by atoms with Crippen molar-refractivity contribution in [1.82, 2.24) is 0 Å². The standard InChI is InChI=1S/2C17H15.2C6H5.2CH3.Si.Zr/c2*1-2-13-11-15-9-6-10-16(17(15)12-13)14-7-4-3-5-8-14;2*1-2-4-6-5-3-1;;;;/h2*3-12H,2H2,1H3;2*1-5H;2*1H3;;/q6*-1;;. The molecule has 0 aliphatic heterocycles. The molecule has 0 aliphatic rings. The summed E-state index contributed by atoms with van der Waals surface area (Å²) in [5.41, 5.74) is 8.11. The van der Waals surface area contributed by atoms with Crippen LogP contribution < -0.4 is 0 Å². The van der Waals surface area contributed by atoms with Crippen LogP contribution in [0.1, 0.15) is 25.0 Å². The van der Waals surface area contributed by atoms with E-state index in [1.54, 1.807) is 0 Å². The minimum atomic E-state index is 0. The van der Waals surface area contributed by atoms with Crippen LogP contribution in [0.2, 0.25) is 0 Å². The molecule has 8 aromatic carbocycles. The largest absolute Gasteiger partial charge is 0.184 e. The first-order valence-corrected chi connectivity index (χ1v) is 20.5. The molecule has 0 fully saturated rings. The fraction of sp³-hybridized carbons (Fsp3) is 0.0833. The molecule has 0 unspecified atom stereocenters. The van der Waals surface area contributed by atoms with Crippen LogP contribution in [-0.2, 0) is 36.2 Å². The summed E-state index contributed by atoms with van der Waals surface area (Å²) in [6, 6.07) is 68.5. The molecule has 0 aliphatic carbocycles. The van der Waals surface area contributed by atoms with Crippen LogP contribution in [0.5, 0.6) is 0 Å². The van der Waals surface area contributed by atoms with E-state index in [2.05, 4.69) is 154 Å². The van der Waals surface area contributed by atoms with E-state index in [0.717, 1.165) is 12.8 Å². The minimum Gasteiger partial charge on any atom is -0.184 e. The van der Waals surface area contributed by atoms with Gasteiger partial charge in [-0.05, 0) is 24.0 Å². The SMILES string of the molecule is CCc1cc2c(-c3ccccc3)cccc2[cH-]1.CCc1cc2c(-c3ccccc3)cccc2[cH-]1.[CH3-].[CH3-].[Si]=[Zr].[c-]1ccccc1.[c-]1ccccc1.